The van der Waals surface area contributed by atoms with Gasteiger partial charge in [-0.1, -0.05) is 23.7 Å². The number of aromatic nitrogens is 3. The lowest BCUT2D eigenvalue weighted by Crippen LogP contribution is -2.16. The Labute approximate surface area is 182 Å². The van der Waals surface area contributed by atoms with Crippen molar-refractivity contribution in [3.8, 4) is 23.0 Å². The molecule has 0 saturated carbocycles. The first-order valence-corrected chi connectivity index (χ1v) is 9.60. The summed E-state index contributed by atoms with van der Waals surface area (Å²) < 4.78 is 28.1. The van der Waals surface area contributed by atoms with Crippen molar-refractivity contribution < 1.29 is 18.7 Å². The summed E-state index contributed by atoms with van der Waals surface area (Å²) in [4.78, 5) is 13.2. The highest BCUT2D eigenvalue weighted by Gasteiger charge is 2.22. The van der Waals surface area contributed by atoms with Gasteiger partial charge in [0.25, 0.3) is 5.91 Å². The predicted molar refractivity (Wildman–Crippen MR) is 115 cm³/mol. The molecule has 31 heavy (non-hydrogen) atoms. The van der Waals surface area contributed by atoms with Crippen molar-refractivity contribution in [1.29, 1.82) is 0 Å². The third kappa shape index (κ3) is 3.85. The Bertz CT molecular complexity index is 1240. The lowest BCUT2D eigenvalue weighted by molar-refractivity contribution is 0.102. The molecule has 0 aliphatic heterocycles. The number of nitrogens with zero attached hydrogens (tertiary/aromatic N) is 3. The number of methoxy groups -OCH3 is 2. The molecular weight excluding hydrogens is 423 g/mol. The predicted octanol–water partition coefficient (Wildman–Crippen LogP) is 4.73. The fourth-order valence-electron chi connectivity index (χ4n) is 3.17. The minimum absolute atomic E-state index is 0.219. The van der Waals surface area contributed by atoms with Gasteiger partial charge in [0.2, 0.25) is 0 Å². The van der Waals surface area contributed by atoms with Gasteiger partial charge in [0.05, 0.1) is 31.1 Å². The Hall–Kier alpha value is -3.78. The summed E-state index contributed by atoms with van der Waals surface area (Å²) in [6, 6.07) is 12.9. The average molecular weight is 441 g/mol. The van der Waals surface area contributed by atoms with Crippen molar-refractivity contribution in [2.45, 2.75) is 0 Å². The van der Waals surface area contributed by atoms with E-state index in [1.54, 1.807) is 59.4 Å². The third-order valence-electron chi connectivity index (χ3n) is 4.64. The first kappa shape index (κ1) is 20.5. The number of hydrogen-bond donors (Lipinski definition) is 1. The second-order valence-electron chi connectivity index (χ2n) is 6.48. The zero-order chi connectivity index (χ0) is 22.0. The fraction of sp³-hybridized carbons (Fsp3) is 0.0909. The van der Waals surface area contributed by atoms with Gasteiger partial charge < -0.3 is 19.4 Å². The number of halogens is 2. The molecule has 9 heteroatoms. The van der Waals surface area contributed by atoms with Crippen molar-refractivity contribution in [3.63, 3.8) is 0 Å². The molecular formula is C22H18ClFN4O3. The Morgan fingerprint density at radius 2 is 1.77 bits per heavy atom. The second-order valence-corrected chi connectivity index (χ2v) is 6.88. The van der Waals surface area contributed by atoms with Crippen LogP contribution < -0.4 is 14.8 Å². The molecule has 0 spiro atoms. The van der Waals surface area contributed by atoms with Crippen LogP contribution in [0, 0.1) is 5.82 Å². The van der Waals surface area contributed by atoms with Gasteiger partial charge in [0, 0.05) is 24.5 Å². The van der Waals surface area contributed by atoms with Gasteiger partial charge in [-0.05, 0) is 24.3 Å². The topological polar surface area (TPSA) is 70.3 Å². The highest BCUT2D eigenvalue weighted by Crippen LogP contribution is 2.36. The van der Waals surface area contributed by atoms with Gasteiger partial charge in [-0.25, -0.2) is 9.07 Å². The van der Waals surface area contributed by atoms with E-state index in [1.807, 2.05) is 0 Å². The number of ether oxygens (including phenoxy) is 2. The summed E-state index contributed by atoms with van der Waals surface area (Å²) in [6.45, 7) is 0. The zero-order valence-corrected chi connectivity index (χ0v) is 17.4. The van der Waals surface area contributed by atoms with E-state index in [4.69, 9.17) is 21.1 Å². The van der Waals surface area contributed by atoms with Gasteiger partial charge in [0.1, 0.15) is 28.6 Å². The van der Waals surface area contributed by atoms with Gasteiger partial charge in [-0.3, -0.25) is 4.79 Å². The Balaban J connectivity index is 1.79. The summed E-state index contributed by atoms with van der Waals surface area (Å²) in [5, 5.41) is 7.42. The van der Waals surface area contributed by atoms with Crippen LogP contribution in [0.3, 0.4) is 0 Å². The first-order chi connectivity index (χ1) is 15.0. The largest absolute Gasteiger partial charge is 0.495 e. The first-order valence-electron chi connectivity index (χ1n) is 9.22. The molecule has 0 saturated heterocycles. The van der Waals surface area contributed by atoms with Gasteiger partial charge in [-0.2, -0.15) is 5.10 Å². The van der Waals surface area contributed by atoms with Crippen LogP contribution in [0.15, 0.2) is 67.1 Å². The number of anilines is 1. The van der Waals surface area contributed by atoms with Crippen molar-refractivity contribution in [2.24, 2.45) is 0 Å². The number of hydrogen-bond acceptors (Lipinski definition) is 4. The SMILES string of the molecule is COc1cc(NC(=O)c2cnn(-c3ccccc3F)c2-n2cccc2)c(OC)cc1Cl. The molecule has 4 rings (SSSR count). The third-order valence-corrected chi connectivity index (χ3v) is 4.94. The molecule has 0 bridgehead atoms. The van der Waals surface area contributed by atoms with Gasteiger partial charge >= 0.3 is 0 Å². The number of nitrogens with one attached hydrogen (secondary N) is 1. The van der Waals surface area contributed by atoms with Crippen molar-refractivity contribution in [2.75, 3.05) is 19.5 Å². The lowest BCUT2D eigenvalue weighted by Gasteiger charge is -2.14. The minimum Gasteiger partial charge on any atom is -0.495 e. The maximum absolute atomic E-state index is 14.5. The maximum atomic E-state index is 14.5. The van der Waals surface area contributed by atoms with Crippen LogP contribution in [0.25, 0.3) is 11.5 Å². The number of carbonyl (C=O) groups excluding carboxylic acids is 1. The summed E-state index contributed by atoms with van der Waals surface area (Å²) in [5.41, 5.74) is 0.817. The number of para-hydroxylation sites is 1. The molecule has 0 radical (unpaired) electrons. The molecule has 0 aliphatic rings. The Kier molecular flexibility index (Phi) is 5.64. The van der Waals surface area contributed by atoms with E-state index in [9.17, 15) is 9.18 Å². The van der Waals surface area contributed by atoms with Crippen molar-refractivity contribution in [3.05, 3.63) is 83.5 Å². The van der Waals surface area contributed by atoms with E-state index >= 15 is 0 Å². The number of benzene rings is 2. The van der Waals surface area contributed by atoms with E-state index in [-0.39, 0.29) is 11.3 Å². The lowest BCUT2D eigenvalue weighted by atomic mass is 10.2. The fourth-order valence-corrected chi connectivity index (χ4v) is 3.40. The molecule has 158 valence electrons. The Morgan fingerprint density at radius 1 is 1.06 bits per heavy atom. The van der Waals surface area contributed by atoms with Crippen LogP contribution >= 0.6 is 11.6 Å². The standard InChI is InChI=1S/C22H18ClFN4O3/c1-30-19-12-17(20(31-2)11-15(19)23)26-21(29)14-13-25-28(18-8-4-3-7-16(18)24)22(14)27-9-5-6-10-27/h3-13H,1-2H3,(H,26,29). The molecule has 1 N–H and O–H groups in total. The zero-order valence-electron chi connectivity index (χ0n) is 16.7. The van der Waals surface area contributed by atoms with Crippen LogP contribution in [-0.2, 0) is 0 Å². The summed E-state index contributed by atoms with van der Waals surface area (Å²) in [5.74, 6) is 0.199. The van der Waals surface area contributed by atoms with Gasteiger partial charge in [0.15, 0.2) is 5.82 Å². The molecule has 0 atom stereocenters. The van der Waals surface area contributed by atoms with Crippen molar-refractivity contribution in [1.82, 2.24) is 14.3 Å². The van der Waals surface area contributed by atoms with E-state index in [0.717, 1.165) is 0 Å². The summed E-state index contributed by atoms with van der Waals surface area (Å²) in [7, 11) is 2.94. The van der Waals surface area contributed by atoms with Crippen LogP contribution in [-0.4, -0.2) is 34.5 Å². The summed E-state index contributed by atoms with van der Waals surface area (Å²) in [6.07, 6.45) is 4.88. The van der Waals surface area contributed by atoms with Gasteiger partial charge in [-0.15, -0.1) is 0 Å². The normalized spacial score (nSPS) is 10.7. The molecule has 0 unspecified atom stereocenters. The highest BCUT2D eigenvalue weighted by molar-refractivity contribution is 6.32. The minimum atomic E-state index is -0.464. The average Bonchev–Trinajstić information content (AvgIpc) is 3.44. The number of carbonyl (C=O) groups is 1. The molecule has 2 aromatic carbocycles. The smallest absolute Gasteiger partial charge is 0.261 e. The van der Waals surface area contributed by atoms with E-state index in [1.165, 1.54) is 31.2 Å². The van der Waals surface area contributed by atoms with Crippen LogP contribution in [0.5, 0.6) is 11.5 Å². The molecule has 4 aromatic rings. The van der Waals surface area contributed by atoms with E-state index in [2.05, 4.69) is 10.4 Å². The maximum Gasteiger partial charge on any atom is 0.261 e. The van der Waals surface area contributed by atoms with Crippen LogP contribution in [0.4, 0.5) is 10.1 Å². The van der Waals surface area contributed by atoms with E-state index < -0.39 is 11.7 Å². The second kappa shape index (κ2) is 8.53. The number of amides is 1. The molecule has 2 aromatic heterocycles. The quantitative estimate of drug-likeness (QED) is 0.470. The highest BCUT2D eigenvalue weighted by atomic mass is 35.5. The monoisotopic (exact) mass is 440 g/mol. The van der Waals surface area contributed by atoms with Crippen LogP contribution in [0.2, 0.25) is 5.02 Å². The summed E-state index contributed by atoms with van der Waals surface area (Å²) >= 11 is 6.14. The van der Waals surface area contributed by atoms with Crippen LogP contribution in [0.1, 0.15) is 10.4 Å². The van der Waals surface area contributed by atoms with Crippen molar-refractivity contribution >= 4 is 23.2 Å². The van der Waals surface area contributed by atoms with E-state index in [0.29, 0.717) is 28.0 Å². The molecule has 2 heterocycles. The molecule has 1 amide bonds. The Morgan fingerprint density at radius 3 is 2.45 bits per heavy atom. The number of rotatable bonds is 6. The molecule has 7 nitrogen and oxygen atoms in total. The molecule has 0 aliphatic carbocycles. The molecule has 0 fully saturated rings.